The highest BCUT2D eigenvalue weighted by atomic mass is 16.1. The average molecular weight is 175 g/mol. The Morgan fingerprint density at radius 1 is 1.46 bits per heavy atom. The van der Waals surface area contributed by atoms with Gasteiger partial charge in [0.25, 0.3) is 0 Å². The SMILES string of the molecule is N#C[C@H]1CC=C2C(=O)CCCC[C@@H]21. The second kappa shape index (κ2) is 3.33. The van der Waals surface area contributed by atoms with Crippen molar-refractivity contribution in [2.24, 2.45) is 11.8 Å². The molecule has 0 unspecified atom stereocenters. The summed E-state index contributed by atoms with van der Waals surface area (Å²) in [4.78, 5) is 11.6. The van der Waals surface area contributed by atoms with Crippen LogP contribution < -0.4 is 0 Å². The number of ketones is 1. The third-order valence-electron chi connectivity index (χ3n) is 3.13. The summed E-state index contributed by atoms with van der Waals surface area (Å²) in [5.41, 5.74) is 0.962. The number of rotatable bonds is 0. The van der Waals surface area contributed by atoms with Gasteiger partial charge in [-0.15, -0.1) is 0 Å². The summed E-state index contributed by atoms with van der Waals surface area (Å²) >= 11 is 0. The van der Waals surface area contributed by atoms with Gasteiger partial charge in [0, 0.05) is 12.3 Å². The Kier molecular flexibility index (Phi) is 2.18. The summed E-state index contributed by atoms with van der Waals surface area (Å²) in [6.07, 6.45) is 6.63. The zero-order valence-corrected chi connectivity index (χ0v) is 7.62. The maximum Gasteiger partial charge on any atom is 0.158 e. The van der Waals surface area contributed by atoms with Crippen LogP contribution in [-0.2, 0) is 4.79 Å². The van der Waals surface area contributed by atoms with Crippen LogP contribution in [0, 0.1) is 23.2 Å². The van der Waals surface area contributed by atoms with Crippen molar-refractivity contribution in [1.29, 1.82) is 5.26 Å². The van der Waals surface area contributed by atoms with E-state index in [9.17, 15) is 4.79 Å². The fraction of sp³-hybridized carbons (Fsp3) is 0.636. The summed E-state index contributed by atoms with van der Waals surface area (Å²) in [6, 6.07) is 2.31. The third kappa shape index (κ3) is 1.39. The van der Waals surface area contributed by atoms with Crippen molar-refractivity contribution in [1.82, 2.24) is 0 Å². The van der Waals surface area contributed by atoms with E-state index in [-0.39, 0.29) is 11.8 Å². The van der Waals surface area contributed by atoms with Gasteiger partial charge in [-0.2, -0.15) is 5.26 Å². The minimum atomic E-state index is 0.0806. The normalized spacial score (nSPS) is 33.2. The number of carbonyl (C=O) groups is 1. The van der Waals surface area contributed by atoms with E-state index in [1.54, 1.807) is 0 Å². The Hall–Kier alpha value is -1.10. The lowest BCUT2D eigenvalue weighted by Crippen LogP contribution is -2.12. The highest BCUT2D eigenvalue weighted by molar-refractivity contribution is 5.96. The van der Waals surface area contributed by atoms with Crippen molar-refractivity contribution in [3.8, 4) is 6.07 Å². The molecule has 0 aromatic carbocycles. The van der Waals surface area contributed by atoms with E-state index in [1.807, 2.05) is 6.08 Å². The van der Waals surface area contributed by atoms with Gasteiger partial charge in [0.15, 0.2) is 5.78 Å². The van der Waals surface area contributed by atoms with Gasteiger partial charge in [-0.3, -0.25) is 4.79 Å². The lowest BCUT2D eigenvalue weighted by molar-refractivity contribution is -0.115. The van der Waals surface area contributed by atoms with Crippen molar-refractivity contribution in [3.05, 3.63) is 11.6 Å². The van der Waals surface area contributed by atoms with Gasteiger partial charge in [0.2, 0.25) is 0 Å². The molecule has 0 N–H and O–H groups in total. The highest BCUT2D eigenvalue weighted by Gasteiger charge is 2.34. The average Bonchev–Trinajstić information content (AvgIpc) is 2.47. The van der Waals surface area contributed by atoms with Crippen LogP contribution in [0.15, 0.2) is 11.6 Å². The Morgan fingerprint density at radius 2 is 2.31 bits per heavy atom. The maximum absolute atomic E-state index is 11.6. The Morgan fingerprint density at radius 3 is 3.08 bits per heavy atom. The van der Waals surface area contributed by atoms with Crippen LogP contribution in [0.2, 0.25) is 0 Å². The first-order valence-corrected chi connectivity index (χ1v) is 4.96. The Bertz CT molecular complexity index is 298. The van der Waals surface area contributed by atoms with E-state index in [2.05, 4.69) is 6.07 Å². The van der Waals surface area contributed by atoms with Crippen LogP contribution in [0.3, 0.4) is 0 Å². The molecule has 0 amide bonds. The van der Waals surface area contributed by atoms with Gasteiger partial charge in [0.05, 0.1) is 12.0 Å². The smallest absolute Gasteiger partial charge is 0.158 e. The molecule has 1 fully saturated rings. The number of fused-ring (bicyclic) bond motifs is 1. The van der Waals surface area contributed by atoms with E-state index in [1.165, 1.54) is 0 Å². The first kappa shape index (κ1) is 8.50. The number of nitrogens with zero attached hydrogens (tertiary/aromatic N) is 1. The zero-order chi connectivity index (χ0) is 9.26. The molecule has 1 saturated carbocycles. The maximum atomic E-state index is 11.6. The predicted octanol–water partition coefficient (Wildman–Crippen LogP) is 2.22. The minimum Gasteiger partial charge on any atom is -0.295 e. The van der Waals surface area contributed by atoms with E-state index in [0.717, 1.165) is 31.3 Å². The number of hydrogen-bond acceptors (Lipinski definition) is 2. The van der Waals surface area contributed by atoms with Crippen molar-refractivity contribution in [2.75, 3.05) is 0 Å². The molecular weight excluding hydrogens is 162 g/mol. The summed E-state index contributed by atoms with van der Waals surface area (Å²) in [6.45, 7) is 0. The molecule has 2 aliphatic rings. The molecule has 0 aromatic heterocycles. The number of carbonyl (C=O) groups excluding carboxylic acids is 1. The lowest BCUT2D eigenvalue weighted by Gasteiger charge is -2.13. The fourth-order valence-corrected chi connectivity index (χ4v) is 2.40. The quantitative estimate of drug-likeness (QED) is 0.566. The summed E-state index contributed by atoms with van der Waals surface area (Å²) in [7, 11) is 0. The van der Waals surface area contributed by atoms with Crippen molar-refractivity contribution in [2.45, 2.75) is 32.1 Å². The van der Waals surface area contributed by atoms with Crippen LogP contribution in [0.25, 0.3) is 0 Å². The fourth-order valence-electron chi connectivity index (χ4n) is 2.40. The predicted molar refractivity (Wildman–Crippen MR) is 48.8 cm³/mol. The van der Waals surface area contributed by atoms with Crippen LogP contribution in [-0.4, -0.2) is 5.78 Å². The Balaban J connectivity index is 2.23. The highest BCUT2D eigenvalue weighted by Crippen LogP contribution is 2.38. The number of hydrogen-bond donors (Lipinski definition) is 0. The number of Topliss-reactive ketones (excluding diaryl/α,β-unsaturated/α-hetero) is 1. The zero-order valence-electron chi connectivity index (χ0n) is 7.62. The summed E-state index contributed by atoms with van der Waals surface area (Å²) in [5.74, 6) is 0.636. The topological polar surface area (TPSA) is 40.9 Å². The van der Waals surface area contributed by atoms with Gasteiger partial charge in [0.1, 0.15) is 0 Å². The first-order chi connectivity index (χ1) is 6.33. The summed E-state index contributed by atoms with van der Waals surface area (Å²) < 4.78 is 0. The minimum absolute atomic E-state index is 0.0806. The van der Waals surface area contributed by atoms with Crippen molar-refractivity contribution < 1.29 is 4.79 Å². The molecule has 2 heteroatoms. The van der Waals surface area contributed by atoms with Crippen molar-refractivity contribution >= 4 is 5.78 Å². The molecule has 13 heavy (non-hydrogen) atoms. The lowest BCUT2D eigenvalue weighted by atomic mass is 9.88. The molecule has 0 spiro atoms. The standard InChI is InChI=1S/C11H13NO/c12-7-8-5-6-10-9(8)3-1-2-4-11(10)13/h6,8-9H,1-5H2/t8-,9-/m1/s1. The van der Waals surface area contributed by atoms with Gasteiger partial charge in [-0.05, 0) is 24.8 Å². The number of allylic oxidation sites excluding steroid dienone is 2. The molecule has 0 bridgehead atoms. The monoisotopic (exact) mass is 175 g/mol. The van der Waals surface area contributed by atoms with Crippen molar-refractivity contribution in [3.63, 3.8) is 0 Å². The molecule has 2 atom stereocenters. The molecule has 0 saturated heterocycles. The molecule has 2 aliphatic carbocycles. The Labute approximate surface area is 78.2 Å². The first-order valence-electron chi connectivity index (χ1n) is 4.96. The van der Waals surface area contributed by atoms with E-state index >= 15 is 0 Å². The third-order valence-corrected chi connectivity index (χ3v) is 3.13. The van der Waals surface area contributed by atoms with Crippen LogP contribution in [0.5, 0.6) is 0 Å². The molecule has 0 radical (unpaired) electrons. The second-order valence-electron chi connectivity index (χ2n) is 3.91. The van der Waals surface area contributed by atoms with E-state index < -0.39 is 0 Å². The van der Waals surface area contributed by atoms with Crippen LogP contribution in [0.4, 0.5) is 0 Å². The van der Waals surface area contributed by atoms with Gasteiger partial charge in [-0.25, -0.2) is 0 Å². The largest absolute Gasteiger partial charge is 0.295 e. The molecule has 0 aromatic rings. The van der Waals surface area contributed by atoms with E-state index in [4.69, 9.17) is 5.26 Å². The molecule has 0 heterocycles. The molecule has 0 aliphatic heterocycles. The van der Waals surface area contributed by atoms with Crippen LogP contribution >= 0.6 is 0 Å². The molecule has 2 rings (SSSR count). The molecule has 2 nitrogen and oxygen atoms in total. The van der Waals surface area contributed by atoms with Gasteiger partial charge < -0.3 is 0 Å². The van der Waals surface area contributed by atoms with E-state index in [0.29, 0.717) is 12.2 Å². The second-order valence-corrected chi connectivity index (χ2v) is 3.91. The summed E-state index contributed by atoms with van der Waals surface area (Å²) in [5, 5.41) is 8.89. The van der Waals surface area contributed by atoms with Gasteiger partial charge >= 0.3 is 0 Å². The van der Waals surface area contributed by atoms with Gasteiger partial charge in [-0.1, -0.05) is 12.5 Å². The molecule has 68 valence electrons. The molecular formula is C11H13NO. The van der Waals surface area contributed by atoms with Crippen LogP contribution in [0.1, 0.15) is 32.1 Å². The number of nitriles is 1.